The maximum Gasteiger partial charge on any atom is 0.201 e. The summed E-state index contributed by atoms with van der Waals surface area (Å²) in [6.45, 7) is 2.14. The summed E-state index contributed by atoms with van der Waals surface area (Å²) < 4.78 is 1.93. The molecule has 7 nitrogen and oxygen atoms in total. The molecule has 2 N–H and O–H groups in total. The van der Waals surface area contributed by atoms with E-state index in [0.717, 1.165) is 34.5 Å². The zero-order valence-electron chi connectivity index (χ0n) is 15.6. The van der Waals surface area contributed by atoms with Gasteiger partial charge in [-0.05, 0) is 36.2 Å². The summed E-state index contributed by atoms with van der Waals surface area (Å²) in [4.78, 5) is 8.54. The van der Waals surface area contributed by atoms with E-state index in [4.69, 9.17) is 5.10 Å². The van der Waals surface area contributed by atoms with Crippen molar-refractivity contribution in [2.45, 2.75) is 13.3 Å². The first-order valence-electron chi connectivity index (χ1n) is 9.11. The second kappa shape index (κ2) is 6.45. The molecule has 7 heteroatoms. The number of fused-ring (bicyclic) bond motifs is 2. The first-order chi connectivity index (χ1) is 13.7. The first-order valence-corrected chi connectivity index (χ1v) is 9.11. The van der Waals surface area contributed by atoms with Crippen LogP contribution in [0.15, 0.2) is 54.9 Å². The molecular formula is C21H19N7. The van der Waals surface area contributed by atoms with Crippen LogP contribution < -0.4 is 5.32 Å². The molecule has 0 spiro atoms. The van der Waals surface area contributed by atoms with Crippen molar-refractivity contribution in [2.75, 3.05) is 5.32 Å². The predicted molar refractivity (Wildman–Crippen MR) is 110 cm³/mol. The Hall–Kier alpha value is -3.74. The van der Waals surface area contributed by atoms with Gasteiger partial charge in [0.2, 0.25) is 5.65 Å². The van der Waals surface area contributed by atoms with Gasteiger partial charge in [-0.2, -0.15) is 10.2 Å². The molecule has 28 heavy (non-hydrogen) atoms. The van der Waals surface area contributed by atoms with Gasteiger partial charge >= 0.3 is 0 Å². The normalized spacial score (nSPS) is 11.4. The number of nitrogens with zero attached hydrogens (tertiary/aromatic N) is 5. The van der Waals surface area contributed by atoms with Crippen LogP contribution in [0.1, 0.15) is 16.8 Å². The van der Waals surface area contributed by atoms with Gasteiger partial charge in [-0.1, -0.05) is 24.3 Å². The van der Waals surface area contributed by atoms with Crippen LogP contribution in [0.3, 0.4) is 0 Å². The lowest BCUT2D eigenvalue weighted by Crippen LogP contribution is -1.95. The quantitative estimate of drug-likeness (QED) is 0.502. The molecule has 0 aliphatic carbocycles. The minimum atomic E-state index is 0.590. The van der Waals surface area contributed by atoms with Gasteiger partial charge in [0.05, 0.1) is 11.2 Å². The zero-order chi connectivity index (χ0) is 19.1. The molecule has 0 amide bonds. The first kappa shape index (κ1) is 16.4. The molecule has 5 rings (SSSR count). The second-order valence-corrected chi connectivity index (χ2v) is 6.86. The number of nitrogens with one attached hydrogen (secondary N) is 2. The molecule has 5 aromatic rings. The van der Waals surface area contributed by atoms with Crippen LogP contribution in [0.25, 0.3) is 22.1 Å². The van der Waals surface area contributed by atoms with Crippen molar-refractivity contribution in [2.24, 2.45) is 7.05 Å². The van der Waals surface area contributed by atoms with E-state index in [9.17, 15) is 0 Å². The minimum Gasteiger partial charge on any atom is -0.339 e. The third kappa shape index (κ3) is 2.77. The number of rotatable bonds is 4. The Balaban J connectivity index is 1.50. The molecule has 138 valence electrons. The Labute approximate surface area is 161 Å². The van der Waals surface area contributed by atoms with Crippen LogP contribution in [0.4, 0.5) is 11.5 Å². The van der Waals surface area contributed by atoms with Crippen molar-refractivity contribution in [1.29, 1.82) is 0 Å². The lowest BCUT2D eigenvalue weighted by Gasteiger charge is -2.05. The number of H-pyrrole nitrogens is 1. The maximum atomic E-state index is 4.76. The van der Waals surface area contributed by atoms with Crippen LogP contribution in [-0.2, 0) is 13.5 Å². The molecule has 3 heterocycles. The van der Waals surface area contributed by atoms with Crippen LogP contribution >= 0.6 is 0 Å². The number of anilines is 2. The van der Waals surface area contributed by atoms with Crippen molar-refractivity contribution in [3.05, 3.63) is 71.7 Å². The number of aromatic nitrogens is 6. The largest absolute Gasteiger partial charge is 0.339 e. The lowest BCUT2D eigenvalue weighted by atomic mass is 10.0. The van der Waals surface area contributed by atoms with E-state index in [-0.39, 0.29) is 0 Å². The van der Waals surface area contributed by atoms with Gasteiger partial charge in [-0.3, -0.25) is 9.78 Å². The molecule has 0 radical (unpaired) electrons. The Morgan fingerprint density at radius 1 is 1.07 bits per heavy atom. The fourth-order valence-corrected chi connectivity index (χ4v) is 3.51. The van der Waals surface area contributed by atoms with Crippen LogP contribution in [-0.4, -0.2) is 29.9 Å². The highest BCUT2D eigenvalue weighted by Gasteiger charge is 2.12. The monoisotopic (exact) mass is 369 g/mol. The molecule has 0 fully saturated rings. The maximum absolute atomic E-state index is 4.76. The molecule has 2 aromatic carbocycles. The Morgan fingerprint density at radius 2 is 1.93 bits per heavy atom. The van der Waals surface area contributed by atoms with Crippen molar-refractivity contribution in [3.8, 4) is 0 Å². The van der Waals surface area contributed by atoms with E-state index in [1.807, 2.05) is 11.7 Å². The third-order valence-electron chi connectivity index (χ3n) is 5.01. The van der Waals surface area contributed by atoms with Gasteiger partial charge in [0.25, 0.3) is 0 Å². The highest BCUT2D eigenvalue weighted by molar-refractivity contribution is 5.89. The molecule has 0 aliphatic heterocycles. The molecular weight excluding hydrogens is 350 g/mol. The molecule has 0 bridgehead atoms. The second-order valence-electron chi connectivity index (χ2n) is 6.86. The average molecular weight is 369 g/mol. The zero-order valence-corrected chi connectivity index (χ0v) is 15.6. The summed E-state index contributed by atoms with van der Waals surface area (Å²) in [5, 5.41) is 16.4. The van der Waals surface area contributed by atoms with Crippen molar-refractivity contribution < 1.29 is 0 Å². The van der Waals surface area contributed by atoms with Crippen LogP contribution in [0.2, 0.25) is 0 Å². The van der Waals surface area contributed by atoms with Gasteiger partial charge in [-0.15, -0.1) is 0 Å². The molecule has 0 saturated carbocycles. The smallest absolute Gasteiger partial charge is 0.201 e. The van der Waals surface area contributed by atoms with Gasteiger partial charge in [0.1, 0.15) is 0 Å². The van der Waals surface area contributed by atoms with E-state index >= 15 is 0 Å². The minimum absolute atomic E-state index is 0.590. The van der Waals surface area contributed by atoms with Crippen molar-refractivity contribution >= 4 is 33.6 Å². The van der Waals surface area contributed by atoms with Crippen molar-refractivity contribution in [3.63, 3.8) is 0 Å². The van der Waals surface area contributed by atoms with E-state index < -0.39 is 0 Å². The molecule has 3 aromatic heterocycles. The Morgan fingerprint density at radius 3 is 2.82 bits per heavy atom. The summed E-state index contributed by atoms with van der Waals surface area (Å²) in [6.07, 6.45) is 4.10. The molecule has 0 aliphatic rings. The summed E-state index contributed by atoms with van der Waals surface area (Å²) in [6, 6.07) is 14.7. The standard InChI is InChI=1S/C21H19N7/c1-13-5-3-4-6-14(13)11-17-16-8-7-15(12-18(16)28(2)27-17)24-21-19-20(25-26-21)23-10-9-22-19/h3-10,12H,11H2,1-2H3,(H2,23,24,25,26). The molecule has 0 unspecified atom stereocenters. The van der Waals surface area contributed by atoms with E-state index in [1.54, 1.807) is 12.4 Å². The van der Waals surface area contributed by atoms with Gasteiger partial charge in [0, 0.05) is 36.9 Å². The topological polar surface area (TPSA) is 84.3 Å². The van der Waals surface area contributed by atoms with E-state index in [0.29, 0.717) is 11.2 Å². The highest BCUT2D eigenvalue weighted by Crippen LogP contribution is 2.27. The third-order valence-corrected chi connectivity index (χ3v) is 5.01. The number of hydrogen-bond acceptors (Lipinski definition) is 5. The SMILES string of the molecule is Cc1ccccc1Cc1nn(C)c2cc(Nc3[nH]nc4nccnc34)ccc12. The average Bonchev–Trinajstić information content (AvgIpc) is 3.25. The van der Waals surface area contributed by atoms with E-state index in [1.165, 1.54) is 11.1 Å². The Bertz CT molecular complexity index is 1300. The predicted octanol–water partition coefficient (Wildman–Crippen LogP) is 3.88. The summed E-state index contributed by atoms with van der Waals surface area (Å²) in [5.74, 6) is 0.727. The number of benzene rings is 2. The summed E-state index contributed by atoms with van der Waals surface area (Å²) in [7, 11) is 1.98. The summed E-state index contributed by atoms with van der Waals surface area (Å²) in [5.41, 5.74) is 6.98. The number of aryl methyl sites for hydroxylation is 2. The van der Waals surface area contributed by atoms with Gasteiger partial charge < -0.3 is 5.32 Å². The van der Waals surface area contributed by atoms with Crippen molar-refractivity contribution in [1.82, 2.24) is 29.9 Å². The fourth-order valence-electron chi connectivity index (χ4n) is 3.51. The fraction of sp³-hybridized carbons (Fsp3) is 0.143. The highest BCUT2D eigenvalue weighted by atomic mass is 15.3. The molecule has 0 atom stereocenters. The summed E-state index contributed by atoms with van der Waals surface area (Å²) >= 11 is 0. The Kier molecular flexibility index (Phi) is 3.79. The lowest BCUT2D eigenvalue weighted by molar-refractivity contribution is 0.773. The van der Waals surface area contributed by atoms with Gasteiger partial charge in [0.15, 0.2) is 11.3 Å². The molecule has 0 saturated heterocycles. The van der Waals surface area contributed by atoms with Gasteiger partial charge in [-0.25, -0.2) is 9.97 Å². The number of aromatic amines is 1. The van der Waals surface area contributed by atoms with Crippen LogP contribution in [0, 0.1) is 6.92 Å². The number of hydrogen-bond donors (Lipinski definition) is 2. The van der Waals surface area contributed by atoms with E-state index in [2.05, 4.69) is 74.9 Å². The van der Waals surface area contributed by atoms with Crippen LogP contribution in [0.5, 0.6) is 0 Å².